The van der Waals surface area contributed by atoms with E-state index < -0.39 is 22.7 Å². The average molecular weight is 374 g/mol. The van der Waals surface area contributed by atoms with Gasteiger partial charge < -0.3 is 10.1 Å². The number of amides is 1. The molecule has 0 aromatic heterocycles. The fourth-order valence-electron chi connectivity index (χ4n) is 1.95. The molecule has 7 heteroatoms. The first-order chi connectivity index (χ1) is 11.8. The van der Waals surface area contributed by atoms with E-state index in [0.717, 1.165) is 12.1 Å². The minimum atomic E-state index is -4.60. The van der Waals surface area contributed by atoms with Gasteiger partial charge in [-0.1, -0.05) is 37.6 Å². The van der Waals surface area contributed by atoms with Gasteiger partial charge in [0.25, 0.3) is 5.91 Å². The summed E-state index contributed by atoms with van der Waals surface area (Å²) in [7, 11) is 0. The van der Waals surface area contributed by atoms with Gasteiger partial charge in [0.2, 0.25) is 0 Å². The smallest absolute Gasteiger partial charge is 0.417 e. The molecule has 2 aromatic carbocycles. The number of anilines is 1. The third-order valence-electron chi connectivity index (χ3n) is 2.96. The van der Waals surface area contributed by atoms with Crippen molar-refractivity contribution in [3.05, 3.63) is 58.6 Å². The van der Waals surface area contributed by atoms with Crippen LogP contribution in [-0.2, 0) is 6.18 Å². The van der Waals surface area contributed by atoms with E-state index in [2.05, 4.69) is 5.32 Å². The predicted molar refractivity (Wildman–Crippen MR) is 93.4 cm³/mol. The number of benzene rings is 2. The SMILES string of the molecule is CC.CCOc1ccccc1C(=O)Nc1ccc(Cl)c(C(F)(F)F)c1. The number of nitrogens with one attached hydrogen (secondary N) is 1. The molecule has 136 valence electrons. The van der Waals surface area contributed by atoms with Crippen molar-refractivity contribution in [3.63, 3.8) is 0 Å². The lowest BCUT2D eigenvalue weighted by molar-refractivity contribution is -0.137. The molecule has 0 spiro atoms. The number of carbonyl (C=O) groups excluding carboxylic acids is 1. The molecule has 25 heavy (non-hydrogen) atoms. The van der Waals surface area contributed by atoms with E-state index in [-0.39, 0.29) is 11.3 Å². The number of hydrogen-bond acceptors (Lipinski definition) is 2. The highest BCUT2D eigenvalue weighted by Crippen LogP contribution is 2.36. The molecular formula is C18H19ClF3NO2. The summed E-state index contributed by atoms with van der Waals surface area (Å²) in [5, 5.41) is 1.99. The highest BCUT2D eigenvalue weighted by Gasteiger charge is 2.33. The van der Waals surface area contributed by atoms with Crippen molar-refractivity contribution in [2.45, 2.75) is 26.9 Å². The van der Waals surface area contributed by atoms with Crippen LogP contribution in [0.1, 0.15) is 36.7 Å². The third kappa shape index (κ3) is 5.67. The van der Waals surface area contributed by atoms with E-state index >= 15 is 0 Å². The molecule has 0 saturated heterocycles. The zero-order valence-corrected chi connectivity index (χ0v) is 14.8. The van der Waals surface area contributed by atoms with Gasteiger partial charge in [-0.2, -0.15) is 13.2 Å². The second-order valence-electron chi connectivity index (χ2n) is 4.58. The van der Waals surface area contributed by atoms with Crippen molar-refractivity contribution in [3.8, 4) is 5.75 Å². The quantitative estimate of drug-likeness (QED) is 0.709. The standard InChI is InChI=1S/C16H13ClF3NO2.C2H6/c1-2-23-14-6-4-3-5-11(14)15(22)21-10-7-8-13(17)12(9-10)16(18,19)20;1-2/h3-9H,2H2,1H3,(H,21,22);1-2H3. The summed E-state index contributed by atoms with van der Waals surface area (Å²) >= 11 is 5.55. The van der Waals surface area contributed by atoms with Gasteiger partial charge in [-0.05, 0) is 37.3 Å². The molecule has 0 fully saturated rings. The van der Waals surface area contributed by atoms with Crippen LogP contribution in [0, 0.1) is 0 Å². The summed E-state index contributed by atoms with van der Waals surface area (Å²) in [4.78, 5) is 12.3. The minimum Gasteiger partial charge on any atom is -0.493 e. The highest BCUT2D eigenvalue weighted by atomic mass is 35.5. The summed E-state index contributed by atoms with van der Waals surface area (Å²) in [6.07, 6.45) is -4.60. The van der Waals surface area contributed by atoms with Gasteiger partial charge in [0, 0.05) is 5.69 Å². The number of carbonyl (C=O) groups is 1. The number of alkyl halides is 3. The van der Waals surface area contributed by atoms with Crippen molar-refractivity contribution in [2.75, 3.05) is 11.9 Å². The Morgan fingerprint density at radius 3 is 2.40 bits per heavy atom. The molecule has 2 rings (SSSR count). The average Bonchev–Trinajstić information content (AvgIpc) is 2.58. The third-order valence-corrected chi connectivity index (χ3v) is 3.29. The Labute approximate surface area is 149 Å². The van der Waals surface area contributed by atoms with Crippen LogP contribution in [0.4, 0.5) is 18.9 Å². The van der Waals surface area contributed by atoms with Crippen molar-refractivity contribution in [2.24, 2.45) is 0 Å². The lowest BCUT2D eigenvalue weighted by Gasteiger charge is -2.13. The van der Waals surface area contributed by atoms with Crippen LogP contribution in [0.5, 0.6) is 5.75 Å². The normalized spacial score (nSPS) is 10.5. The van der Waals surface area contributed by atoms with Gasteiger partial charge in [0.1, 0.15) is 5.75 Å². The maximum atomic E-state index is 12.8. The molecule has 0 radical (unpaired) electrons. The molecule has 1 N–H and O–H groups in total. The lowest BCUT2D eigenvalue weighted by atomic mass is 10.1. The van der Waals surface area contributed by atoms with E-state index in [4.69, 9.17) is 16.3 Å². The van der Waals surface area contributed by atoms with Crippen LogP contribution in [0.3, 0.4) is 0 Å². The van der Waals surface area contributed by atoms with E-state index in [0.29, 0.717) is 12.4 Å². The molecule has 0 aliphatic carbocycles. The fraction of sp³-hybridized carbons (Fsp3) is 0.278. The molecule has 0 aliphatic heterocycles. The highest BCUT2D eigenvalue weighted by molar-refractivity contribution is 6.31. The van der Waals surface area contributed by atoms with Crippen LogP contribution in [-0.4, -0.2) is 12.5 Å². The number of rotatable bonds is 4. The Kier molecular flexibility index (Phi) is 7.77. The Morgan fingerprint density at radius 1 is 1.16 bits per heavy atom. The van der Waals surface area contributed by atoms with Crippen molar-refractivity contribution < 1.29 is 22.7 Å². The Bertz CT molecular complexity index is 718. The Hall–Kier alpha value is -2.21. The maximum absolute atomic E-state index is 12.8. The second kappa shape index (κ2) is 9.32. The minimum absolute atomic E-state index is 0.00183. The largest absolute Gasteiger partial charge is 0.493 e. The van der Waals surface area contributed by atoms with Gasteiger partial charge in [0.05, 0.1) is 22.8 Å². The summed E-state index contributed by atoms with van der Waals surface area (Å²) in [5.41, 5.74) is -0.772. The van der Waals surface area contributed by atoms with Crippen LogP contribution in [0.2, 0.25) is 5.02 Å². The topological polar surface area (TPSA) is 38.3 Å². The maximum Gasteiger partial charge on any atom is 0.417 e. The molecule has 0 saturated carbocycles. The molecule has 2 aromatic rings. The predicted octanol–water partition coefficient (Wildman–Crippen LogP) is 6.04. The monoisotopic (exact) mass is 373 g/mol. The Balaban J connectivity index is 0.00000151. The van der Waals surface area contributed by atoms with Crippen molar-refractivity contribution in [1.29, 1.82) is 0 Å². The van der Waals surface area contributed by atoms with E-state index in [1.165, 1.54) is 12.1 Å². The van der Waals surface area contributed by atoms with Gasteiger partial charge in [0.15, 0.2) is 0 Å². The van der Waals surface area contributed by atoms with E-state index in [1.807, 2.05) is 13.8 Å². The molecule has 0 atom stereocenters. The Morgan fingerprint density at radius 2 is 1.80 bits per heavy atom. The number of ether oxygens (including phenoxy) is 1. The first-order valence-corrected chi connectivity index (χ1v) is 8.10. The molecule has 0 heterocycles. The molecule has 3 nitrogen and oxygen atoms in total. The molecule has 0 aliphatic rings. The van der Waals surface area contributed by atoms with E-state index in [1.54, 1.807) is 25.1 Å². The molecule has 0 bridgehead atoms. The van der Waals surface area contributed by atoms with Crippen molar-refractivity contribution in [1.82, 2.24) is 0 Å². The first kappa shape index (κ1) is 20.8. The molecule has 1 amide bonds. The van der Waals surface area contributed by atoms with Crippen LogP contribution in [0.25, 0.3) is 0 Å². The lowest BCUT2D eigenvalue weighted by Crippen LogP contribution is -2.14. The first-order valence-electron chi connectivity index (χ1n) is 7.73. The summed E-state index contributed by atoms with van der Waals surface area (Å²) in [6.45, 7) is 6.13. The molecule has 0 unspecified atom stereocenters. The van der Waals surface area contributed by atoms with Crippen LogP contribution in [0.15, 0.2) is 42.5 Å². The zero-order chi connectivity index (χ0) is 19.0. The van der Waals surface area contributed by atoms with Crippen molar-refractivity contribution >= 4 is 23.2 Å². The van der Waals surface area contributed by atoms with Gasteiger partial charge in [-0.3, -0.25) is 4.79 Å². The fourth-order valence-corrected chi connectivity index (χ4v) is 2.18. The number of para-hydroxylation sites is 1. The van der Waals surface area contributed by atoms with Gasteiger partial charge >= 0.3 is 6.18 Å². The molecular weight excluding hydrogens is 355 g/mol. The number of hydrogen-bond donors (Lipinski definition) is 1. The van der Waals surface area contributed by atoms with Crippen LogP contribution < -0.4 is 10.1 Å². The summed E-state index contributed by atoms with van der Waals surface area (Å²) in [5.74, 6) is -0.206. The summed E-state index contributed by atoms with van der Waals surface area (Å²) in [6, 6.07) is 9.67. The zero-order valence-electron chi connectivity index (χ0n) is 14.1. The number of halogens is 4. The van der Waals surface area contributed by atoms with Gasteiger partial charge in [-0.25, -0.2) is 0 Å². The van der Waals surface area contributed by atoms with E-state index in [9.17, 15) is 18.0 Å². The van der Waals surface area contributed by atoms with Crippen LogP contribution >= 0.6 is 11.6 Å². The second-order valence-corrected chi connectivity index (χ2v) is 4.98. The van der Waals surface area contributed by atoms with Gasteiger partial charge in [-0.15, -0.1) is 0 Å². The summed E-state index contributed by atoms with van der Waals surface area (Å²) < 4.78 is 43.8.